The van der Waals surface area contributed by atoms with E-state index in [9.17, 15) is 9.59 Å². The molecule has 0 fully saturated rings. The topological polar surface area (TPSA) is 59.9 Å². The number of pyridine rings is 2. The average molecular weight is 555 g/mol. The van der Waals surface area contributed by atoms with Gasteiger partial charge in [0.2, 0.25) is 0 Å². The van der Waals surface area contributed by atoms with E-state index < -0.39 is 0 Å². The standard InChI is InChI=1S/C39H26N2O2/c42-38-34-21-30(26-5-1-24(2-6-26)28-13-17-40-18-14-28)9-11-32(34)36-23-37(38)33-12-10-31(22-35(33)39(36)43)27-7-3-25(4-8-27)29-15-19-41-20-16-29/h1-22,36-37H,23H2. The molecule has 0 aliphatic heterocycles. The van der Waals surface area contributed by atoms with Gasteiger partial charge in [0, 0.05) is 47.8 Å². The zero-order valence-corrected chi connectivity index (χ0v) is 23.3. The van der Waals surface area contributed by atoms with E-state index in [0.29, 0.717) is 17.5 Å². The number of hydrogen-bond acceptors (Lipinski definition) is 4. The highest BCUT2D eigenvalue weighted by atomic mass is 16.1. The fourth-order valence-corrected chi connectivity index (χ4v) is 6.67. The van der Waals surface area contributed by atoms with Crippen molar-refractivity contribution >= 4 is 11.6 Å². The Kier molecular flexibility index (Phi) is 5.93. The zero-order chi connectivity index (χ0) is 28.9. The van der Waals surface area contributed by atoms with Crippen LogP contribution in [0.4, 0.5) is 0 Å². The first-order chi connectivity index (χ1) is 21.1. The summed E-state index contributed by atoms with van der Waals surface area (Å²) in [5.74, 6) is -0.412. The van der Waals surface area contributed by atoms with Gasteiger partial charge in [-0.05, 0) is 98.5 Å². The van der Waals surface area contributed by atoms with Crippen LogP contribution in [-0.4, -0.2) is 21.5 Å². The Labute approximate surface area is 249 Å². The molecule has 43 heavy (non-hydrogen) atoms. The third-order valence-electron chi connectivity index (χ3n) is 8.96. The number of Topliss-reactive ketones (excluding diaryl/α,β-unsaturated/α-hetero) is 2. The molecule has 204 valence electrons. The normalized spacial score (nSPS) is 16.8. The summed E-state index contributed by atoms with van der Waals surface area (Å²) in [7, 11) is 0. The quantitative estimate of drug-likeness (QED) is 0.218. The average Bonchev–Trinajstić information content (AvgIpc) is 3.09. The lowest BCUT2D eigenvalue weighted by Crippen LogP contribution is -2.34. The molecular formula is C39H26N2O2. The van der Waals surface area contributed by atoms with Gasteiger partial charge in [0.1, 0.15) is 0 Å². The van der Waals surface area contributed by atoms with Gasteiger partial charge in [0.25, 0.3) is 0 Å². The third kappa shape index (κ3) is 4.31. The molecule has 2 aromatic heterocycles. The largest absolute Gasteiger partial charge is 0.293 e. The maximum absolute atomic E-state index is 13.9. The number of aromatic nitrogens is 2. The first-order valence-electron chi connectivity index (χ1n) is 14.5. The summed E-state index contributed by atoms with van der Waals surface area (Å²) >= 11 is 0. The molecule has 4 aromatic carbocycles. The molecule has 2 unspecified atom stereocenters. The summed E-state index contributed by atoms with van der Waals surface area (Å²) < 4.78 is 0. The van der Waals surface area contributed by atoms with Crippen LogP contribution in [0.3, 0.4) is 0 Å². The molecule has 2 bridgehead atoms. The number of nitrogens with zero attached hydrogens (tertiary/aromatic N) is 2. The highest BCUT2D eigenvalue weighted by molar-refractivity contribution is 6.14. The fourth-order valence-electron chi connectivity index (χ4n) is 6.67. The van der Waals surface area contributed by atoms with E-state index in [1.807, 2.05) is 60.7 Å². The van der Waals surface area contributed by atoms with Gasteiger partial charge in [-0.3, -0.25) is 19.6 Å². The second-order valence-electron chi connectivity index (χ2n) is 11.3. The van der Waals surface area contributed by atoms with Gasteiger partial charge in [0.15, 0.2) is 11.6 Å². The van der Waals surface area contributed by atoms with E-state index in [1.165, 1.54) is 0 Å². The number of carbonyl (C=O) groups excluding carboxylic acids is 2. The molecule has 2 atom stereocenters. The van der Waals surface area contributed by atoms with Gasteiger partial charge in [-0.2, -0.15) is 0 Å². The molecule has 8 rings (SSSR count). The van der Waals surface area contributed by atoms with Gasteiger partial charge >= 0.3 is 0 Å². The van der Waals surface area contributed by atoms with Gasteiger partial charge < -0.3 is 0 Å². The lowest BCUT2D eigenvalue weighted by Gasteiger charge is -2.36. The van der Waals surface area contributed by atoms with Crippen molar-refractivity contribution in [2.75, 3.05) is 0 Å². The summed E-state index contributed by atoms with van der Waals surface area (Å²) in [5, 5.41) is 0. The summed E-state index contributed by atoms with van der Waals surface area (Å²) in [6, 6.07) is 36.7. The van der Waals surface area contributed by atoms with Crippen molar-refractivity contribution in [3.63, 3.8) is 0 Å². The Morgan fingerprint density at radius 1 is 0.395 bits per heavy atom. The smallest absolute Gasteiger partial charge is 0.170 e. The van der Waals surface area contributed by atoms with Gasteiger partial charge in [0.05, 0.1) is 0 Å². The molecule has 0 spiro atoms. The first kappa shape index (κ1) is 25.2. The van der Waals surface area contributed by atoms with Crippen molar-refractivity contribution in [2.45, 2.75) is 18.3 Å². The van der Waals surface area contributed by atoms with E-state index in [1.54, 1.807) is 24.8 Å². The molecule has 0 saturated carbocycles. The highest BCUT2D eigenvalue weighted by Gasteiger charge is 2.44. The molecular weight excluding hydrogens is 528 g/mol. The Bertz CT molecular complexity index is 1870. The van der Waals surface area contributed by atoms with E-state index in [-0.39, 0.29) is 23.4 Å². The molecule has 2 heterocycles. The van der Waals surface area contributed by atoms with Crippen LogP contribution in [0.25, 0.3) is 44.5 Å². The third-order valence-corrected chi connectivity index (χ3v) is 8.96. The maximum Gasteiger partial charge on any atom is 0.170 e. The SMILES string of the molecule is O=C1c2cc(-c3ccc(-c4ccncc4)cc3)ccc2C2CC1c1ccc(-c3ccc(-c4ccncc4)cc3)cc1C2=O. The minimum atomic E-state index is -0.308. The Morgan fingerprint density at radius 2 is 0.698 bits per heavy atom. The monoisotopic (exact) mass is 554 g/mol. The van der Waals surface area contributed by atoms with Crippen LogP contribution in [0.15, 0.2) is 134 Å². The van der Waals surface area contributed by atoms with Crippen LogP contribution < -0.4 is 0 Å². The van der Waals surface area contributed by atoms with E-state index in [4.69, 9.17) is 0 Å². The molecule has 0 amide bonds. The van der Waals surface area contributed by atoms with Crippen LogP contribution in [0.1, 0.15) is 50.1 Å². The van der Waals surface area contributed by atoms with Gasteiger partial charge in [-0.15, -0.1) is 0 Å². The summed E-state index contributed by atoms with van der Waals surface area (Å²) in [4.78, 5) is 36.1. The van der Waals surface area contributed by atoms with Crippen LogP contribution in [-0.2, 0) is 0 Å². The Balaban J connectivity index is 1.10. The van der Waals surface area contributed by atoms with Crippen LogP contribution >= 0.6 is 0 Å². The van der Waals surface area contributed by atoms with Gasteiger partial charge in [-0.1, -0.05) is 72.8 Å². The number of carbonyl (C=O) groups is 2. The van der Waals surface area contributed by atoms with Crippen molar-refractivity contribution < 1.29 is 9.59 Å². The Morgan fingerprint density at radius 3 is 1.07 bits per heavy atom. The highest BCUT2D eigenvalue weighted by Crippen LogP contribution is 2.48. The van der Waals surface area contributed by atoms with Crippen molar-refractivity contribution in [3.05, 3.63) is 156 Å². The molecule has 4 nitrogen and oxygen atoms in total. The van der Waals surface area contributed by atoms with Crippen molar-refractivity contribution in [2.24, 2.45) is 0 Å². The van der Waals surface area contributed by atoms with E-state index in [0.717, 1.165) is 55.6 Å². The first-order valence-corrected chi connectivity index (χ1v) is 14.5. The van der Waals surface area contributed by atoms with E-state index in [2.05, 4.69) is 58.5 Å². The van der Waals surface area contributed by atoms with Crippen LogP contribution in [0, 0.1) is 0 Å². The number of ketones is 2. The summed E-state index contributed by atoms with van der Waals surface area (Å²) in [6.45, 7) is 0. The van der Waals surface area contributed by atoms with Crippen molar-refractivity contribution in [1.82, 2.24) is 9.97 Å². The lowest BCUT2D eigenvalue weighted by atomic mass is 9.65. The molecule has 0 radical (unpaired) electrons. The number of hydrogen-bond donors (Lipinski definition) is 0. The minimum Gasteiger partial charge on any atom is -0.293 e. The van der Waals surface area contributed by atoms with Crippen molar-refractivity contribution in [1.29, 1.82) is 0 Å². The molecule has 0 saturated heterocycles. The lowest BCUT2D eigenvalue weighted by molar-refractivity contribution is 0.0875. The molecule has 4 heteroatoms. The number of benzene rings is 4. The van der Waals surface area contributed by atoms with Crippen LogP contribution in [0.5, 0.6) is 0 Å². The second-order valence-corrected chi connectivity index (χ2v) is 11.3. The van der Waals surface area contributed by atoms with E-state index >= 15 is 0 Å². The summed E-state index contributed by atoms with van der Waals surface area (Å²) in [6.07, 6.45) is 7.69. The van der Waals surface area contributed by atoms with Crippen molar-refractivity contribution in [3.8, 4) is 44.5 Å². The zero-order valence-electron chi connectivity index (χ0n) is 23.3. The summed E-state index contributed by atoms with van der Waals surface area (Å²) in [5.41, 5.74) is 11.5. The second kappa shape index (κ2) is 10.1. The maximum atomic E-state index is 13.9. The minimum absolute atomic E-state index is 0.102. The fraction of sp³-hybridized carbons (Fsp3) is 0.0769. The Hall–Kier alpha value is -5.48. The molecule has 6 aromatic rings. The molecule has 2 aliphatic carbocycles. The molecule has 0 N–H and O–H groups in total. The van der Waals surface area contributed by atoms with Crippen LogP contribution in [0.2, 0.25) is 0 Å². The predicted octanol–water partition coefficient (Wildman–Crippen LogP) is 8.79. The predicted molar refractivity (Wildman–Crippen MR) is 169 cm³/mol. The van der Waals surface area contributed by atoms with Gasteiger partial charge in [-0.25, -0.2) is 0 Å². The number of rotatable bonds is 4. The number of fused-ring (bicyclic) bond motifs is 6. The molecule has 2 aliphatic rings.